The van der Waals surface area contributed by atoms with Crippen LogP contribution in [0.2, 0.25) is 0 Å². The molecular formula is C21H25FN4O2S. The third-order valence-electron chi connectivity index (χ3n) is 6.31. The molecule has 2 N–H and O–H groups in total. The Hall–Kier alpha value is -1.90. The quantitative estimate of drug-likeness (QED) is 0.729. The molecule has 3 aliphatic rings. The molecule has 1 saturated heterocycles. The fourth-order valence-electron chi connectivity index (χ4n) is 4.31. The average Bonchev–Trinajstić information content (AvgIpc) is 3.42. The van der Waals surface area contributed by atoms with Crippen molar-refractivity contribution >= 4 is 22.9 Å². The van der Waals surface area contributed by atoms with Crippen molar-refractivity contribution in [3.05, 3.63) is 41.3 Å². The molecule has 2 aliphatic heterocycles. The summed E-state index contributed by atoms with van der Waals surface area (Å²) in [5, 5.41) is 13.1. The standard InChI is InChI=1S/C21H25FN4O2S/c22-16-3-1-2-15(12-16)14-4-9-26(10-5-14)20-23-17-6-11-29(28)18(17)19(24-20)25-21(13-27)7-8-21/h1-3,12,14,27H,4-11,13H2,(H,23,24,25). The minimum Gasteiger partial charge on any atom is -0.611 e. The van der Waals surface area contributed by atoms with Crippen molar-refractivity contribution in [2.45, 2.75) is 48.5 Å². The maximum atomic E-state index is 13.6. The largest absolute Gasteiger partial charge is 0.611 e. The summed E-state index contributed by atoms with van der Waals surface area (Å²) in [4.78, 5) is 12.4. The zero-order valence-corrected chi connectivity index (χ0v) is 17.1. The Labute approximate surface area is 172 Å². The third-order valence-corrected chi connectivity index (χ3v) is 7.77. The molecule has 1 aromatic carbocycles. The number of aryl methyl sites for hydroxylation is 1. The monoisotopic (exact) mass is 416 g/mol. The number of aromatic nitrogens is 2. The van der Waals surface area contributed by atoms with E-state index < -0.39 is 11.2 Å². The van der Waals surface area contributed by atoms with Gasteiger partial charge in [0.1, 0.15) is 17.3 Å². The molecular weight excluding hydrogens is 391 g/mol. The van der Waals surface area contributed by atoms with Crippen LogP contribution in [0.5, 0.6) is 0 Å². The van der Waals surface area contributed by atoms with Crippen LogP contribution < -0.4 is 10.2 Å². The van der Waals surface area contributed by atoms with Gasteiger partial charge in [0.15, 0.2) is 5.82 Å². The molecule has 1 saturated carbocycles. The van der Waals surface area contributed by atoms with Crippen LogP contribution in [0, 0.1) is 5.82 Å². The first-order valence-electron chi connectivity index (χ1n) is 10.3. The molecule has 0 spiro atoms. The van der Waals surface area contributed by atoms with Crippen LogP contribution in [0.15, 0.2) is 29.2 Å². The third kappa shape index (κ3) is 3.69. The second kappa shape index (κ2) is 7.41. The number of nitrogens with one attached hydrogen (secondary N) is 1. The molecule has 1 unspecified atom stereocenters. The number of aliphatic hydroxyl groups is 1. The molecule has 2 fully saturated rings. The first kappa shape index (κ1) is 19.1. The Balaban J connectivity index is 1.36. The number of halogens is 1. The first-order chi connectivity index (χ1) is 14.1. The van der Waals surface area contributed by atoms with Crippen LogP contribution >= 0.6 is 0 Å². The van der Waals surface area contributed by atoms with Gasteiger partial charge in [-0.3, -0.25) is 0 Å². The van der Waals surface area contributed by atoms with Crippen molar-refractivity contribution in [2.75, 3.05) is 35.7 Å². The Bertz CT molecular complexity index is 916. The van der Waals surface area contributed by atoms with E-state index in [1.165, 1.54) is 6.07 Å². The second-order valence-corrected chi connectivity index (χ2v) is 9.83. The average molecular weight is 417 g/mol. The Morgan fingerprint density at radius 2 is 2.07 bits per heavy atom. The van der Waals surface area contributed by atoms with Crippen molar-refractivity contribution in [3.8, 4) is 0 Å². The predicted molar refractivity (Wildman–Crippen MR) is 110 cm³/mol. The fourth-order valence-corrected chi connectivity index (χ4v) is 5.61. The summed E-state index contributed by atoms with van der Waals surface area (Å²) in [6, 6.07) is 6.88. The van der Waals surface area contributed by atoms with Crippen molar-refractivity contribution in [1.82, 2.24) is 9.97 Å². The highest BCUT2D eigenvalue weighted by Gasteiger charge is 2.45. The number of nitrogens with zero attached hydrogens (tertiary/aromatic N) is 3. The normalized spacial score (nSPS) is 23.1. The summed E-state index contributed by atoms with van der Waals surface area (Å²) in [7, 11) is 0. The number of aliphatic hydroxyl groups excluding tert-OH is 1. The highest BCUT2D eigenvalue weighted by molar-refractivity contribution is 7.91. The lowest BCUT2D eigenvalue weighted by Crippen LogP contribution is -2.35. The Morgan fingerprint density at radius 3 is 2.76 bits per heavy atom. The zero-order chi connectivity index (χ0) is 20.0. The van der Waals surface area contributed by atoms with Crippen LogP contribution in [0.3, 0.4) is 0 Å². The lowest BCUT2D eigenvalue weighted by atomic mass is 9.89. The molecule has 6 nitrogen and oxygen atoms in total. The minimum atomic E-state index is -1.09. The van der Waals surface area contributed by atoms with Gasteiger partial charge in [0.05, 0.1) is 12.1 Å². The predicted octanol–water partition coefficient (Wildman–Crippen LogP) is 2.60. The molecule has 1 atom stereocenters. The highest BCUT2D eigenvalue weighted by atomic mass is 32.2. The van der Waals surface area contributed by atoms with E-state index in [1.807, 2.05) is 6.07 Å². The Kier molecular flexibility index (Phi) is 4.88. The molecule has 8 heteroatoms. The lowest BCUT2D eigenvalue weighted by Gasteiger charge is -2.32. The van der Waals surface area contributed by atoms with E-state index in [-0.39, 0.29) is 18.0 Å². The van der Waals surface area contributed by atoms with Gasteiger partial charge >= 0.3 is 0 Å². The van der Waals surface area contributed by atoms with Crippen molar-refractivity contribution < 1.29 is 14.0 Å². The molecule has 29 heavy (non-hydrogen) atoms. The van der Waals surface area contributed by atoms with Gasteiger partial charge in [-0.25, -0.2) is 9.37 Å². The number of fused-ring (bicyclic) bond motifs is 1. The molecule has 154 valence electrons. The van der Waals surface area contributed by atoms with E-state index in [0.29, 0.717) is 34.8 Å². The highest BCUT2D eigenvalue weighted by Crippen LogP contribution is 2.42. The molecule has 3 heterocycles. The molecule has 2 aromatic rings. The van der Waals surface area contributed by atoms with Crippen LogP contribution in [0.1, 0.15) is 42.9 Å². The van der Waals surface area contributed by atoms with Gasteiger partial charge in [0, 0.05) is 19.5 Å². The molecule has 0 bridgehead atoms. The maximum absolute atomic E-state index is 13.6. The molecule has 0 amide bonds. The van der Waals surface area contributed by atoms with Crippen LogP contribution in [0.4, 0.5) is 16.2 Å². The van der Waals surface area contributed by atoms with Crippen molar-refractivity contribution in [2.24, 2.45) is 0 Å². The smallest absolute Gasteiger partial charge is 0.227 e. The molecule has 5 rings (SSSR count). The van der Waals surface area contributed by atoms with Crippen LogP contribution in [0.25, 0.3) is 0 Å². The Morgan fingerprint density at radius 1 is 1.28 bits per heavy atom. The topological polar surface area (TPSA) is 84.3 Å². The summed E-state index contributed by atoms with van der Waals surface area (Å²) in [6.45, 7) is 1.65. The second-order valence-electron chi connectivity index (χ2n) is 8.33. The maximum Gasteiger partial charge on any atom is 0.227 e. The number of benzene rings is 1. The zero-order valence-electron chi connectivity index (χ0n) is 16.2. The van der Waals surface area contributed by atoms with Gasteiger partial charge in [-0.1, -0.05) is 12.1 Å². The summed E-state index contributed by atoms with van der Waals surface area (Å²) in [6.07, 6.45) is 4.31. The van der Waals surface area contributed by atoms with Gasteiger partial charge < -0.3 is 19.9 Å². The number of anilines is 2. The molecule has 1 aliphatic carbocycles. The van der Waals surface area contributed by atoms with Crippen LogP contribution in [-0.2, 0) is 17.6 Å². The van der Waals surface area contributed by atoms with E-state index >= 15 is 0 Å². The lowest BCUT2D eigenvalue weighted by molar-refractivity contribution is 0.265. The number of hydrogen-bond donors (Lipinski definition) is 2. The van der Waals surface area contributed by atoms with Gasteiger partial charge in [-0.2, -0.15) is 4.98 Å². The van der Waals surface area contributed by atoms with E-state index in [4.69, 9.17) is 9.97 Å². The van der Waals surface area contributed by atoms with E-state index in [2.05, 4.69) is 10.2 Å². The van der Waals surface area contributed by atoms with Crippen LogP contribution in [-0.4, -0.2) is 50.6 Å². The number of hydrogen-bond acceptors (Lipinski definition) is 6. The molecule has 0 radical (unpaired) electrons. The number of rotatable bonds is 5. The van der Waals surface area contributed by atoms with Gasteiger partial charge in [-0.05, 0) is 60.5 Å². The van der Waals surface area contributed by atoms with Crippen molar-refractivity contribution in [3.63, 3.8) is 0 Å². The van der Waals surface area contributed by atoms with Gasteiger partial charge in [0.2, 0.25) is 10.8 Å². The first-order valence-corrected chi connectivity index (χ1v) is 11.6. The molecule has 1 aromatic heterocycles. The van der Waals surface area contributed by atoms with E-state index in [1.54, 1.807) is 12.1 Å². The van der Waals surface area contributed by atoms with E-state index in [0.717, 1.165) is 50.0 Å². The summed E-state index contributed by atoms with van der Waals surface area (Å²) in [5.41, 5.74) is 1.59. The van der Waals surface area contributed by atoms with Crippen molar-refractivity contribution in [1.29, 1.82) is 0 Å². The van der Waals surface area contributed by atoms with E-state index in [9.17, 15) is 14.0 Å². The minimum absolute atomic E-state index is 0.0484. The summed E-state index contributed by atoms with van der Waals surface area (Å²) < 4.78 is 26.0. The fraction of sp³-hybridized carbons (Fsp3) is 0.524. The summed E-state index contributed by atoms with van der Waals surface area (Å²) >= 11 is -1.09. The number of piperidine rings is 1. The van der Waals surface area contributed by atoms with Gasteiger partial charge in [0.25, 0.3) is 0 Å². The van der Waals surface area contributed by atoms with Gasteiger partial charge in [-0.15, -0.1) is 0 Å². The summed E-state index contributed by atoms with van der Waals surface area (Å²) in [5.74, 6) is 2.02. The SMILES string of the molecule is [O-][S+]1CCc2nc(N3CCC(c4cccc(F)c4)CC3)nc(NC3(CO)CC3)c21.